The van der Waals surface area contributed by atoms with E-state index in [0.717, 1.165) is 31.6 Å². The van der Waals surface area contributed by atoms with Gasteiger partial charge in [-0.05, 0) is 61.7 Å². The van der Waals surface area contributed by atoms with Crippen LogP contribution in [-0.4, -0.2) is 24.0 Å². The molecule has 1 aromatic heterocycles. The van der Waals surface area contributed by atoms with Gasteiger partial charge < -0.3 is 14.6 Å². The van der Waals surface area contributed by atoms with Gasteiger partial charge in [-0.25, -0.2) is 13.8 Å². The van der Waals surface area contributed by atoms with E-state index in [9.17, 15) is 13.6 Å². The lowest BCUT2D eigenvalue weighted by Crippen LogP contribution is -2.30. The number of hydrogen-bond donors (Lipinski definition) is 1. The largest absolute Gasteiger partial charge is 0.441 e. The van der Waals surface area contributed by atoms with E-state index in [2.05, 4.69) is 15.2 Å². The number of nitrogens with one attached hydrogen (secondary N) is 1. The molecule has 1 fully saturated rings. The van der Waals surface area contributed by atoms with Gasteiger partial charge >= 0.3 is 0 Å². The molecule has 1 amide bonds. The van der Waals surface area contributed by atoms with Gasteiger partial charge in [0, 0.05) is 31.5 Å². The van der Waals surface area contributed by atoms with Crippen LogP contribution in [0.4, 0.5) is 20.2 Å². The molecule has 0 bridgehead atoms. The van der Waals surface area contributed by atoms with Crippen LogP contribution in [0.15, 0.2) is 53.1 Å². The molecular formula is C23H23F2N3O2. The first-order valence-corrected chi connectivity index (χ1v) is 10.1. The van der Waals surface area contributed by atoms with Crippen LogP contribution in [0.1, 0.15) is 31.6 Å². The van der Waals surface area contributed by atoms with Crippen molar-refractivity contribution in [3.8, 4) is 11.3 Å². The zero-order valence-electron chi connectivity index (χ0n) is 16.5. The van der Waals surface area contributed by atoms with Crippen LogP contribution in [0.3, 0.4) is 0 Å². The molecular weight excluding hydrogens is 388 g/mol. The number of halogens is 2. The molecule has 156 valence electrons. The summed E-state index contributed by atoms with van der Waals surface area (Å²) in [4.78, 5) is 18.9. The maximum atomic E-state index is 13.8. The number of piperidine rings is 1. The van der Waals surface area contributed by atoms with Crippen molar-refractivity contribution in [2.24, 2.45) is 0 Å². The van der Waals surface area contributed by atoms with Gasteiger partial charge in [-0.15, -0.1) is 0 Å². The fourth-order valence-corrected chi connectivity index (χ4v) is 3.63. The van der Waals surface area contributed by atoms with Gasteiger partial charge in [0.25, 0.3) is 0 Å². The molecule has 0 aliphatic carbocycles. The molecule has 0 saturated carbocycles. The number of anilines is 2. The number of aryl methyl sites for hydroxylation is 1. The number of oxazole rings is 1. The van der Waals surface area contributed by atoms with Crippen LogP contribution >= 0.6 is 0 Å². The summed E-state index contributed by atoms with van der Waals surface area (Å²) >= 11 is 0. The van der Waals surface area contributed by atoms with Crippen LogP contribution in [0, 0.1) is 11.6 Å². The van der Waals surface area contributed by atoms with Crippen molar-refractivity contribution in [3.63, 3.8) is 0 Å². The molecule has 2 aromatic carbocycles. The lowest BCUT2D eigenvalue weighted by molar-refractivity contribution is -0.116. The average Bonchev–Trinajstić information content (AvgIpc) is 3.23. The predicted octanol–water partition coefficient (Wildman–Crippen LogP) is 5.18. The zero-order chi connectivity index (χ0) is 20.9. The van der Waals surface area contributed by atoms with Crippen molar-refractivity contribution in [1.82, 2.24) is 4.98 Å². The number of amides is 1. The van der Waals surface area contributed by atoms with Gasteiger partial charge in [0.2, 0.25) is 5.91 Å². The third kappa shape index (κ3) is 4.84. The van der Waals surface area contributed by atoms with E-state index in [1.807, 2.05) is 0 Å². The third-order valence-corrected chi connectivity index (χ3v) is 5.18. The Morgan fingerprint density at radius 3 is 2.53 bits per heavy atom. The first kappa shape index (κ1) is 20.1. The van der Waals surface area contributed by atoms with E-state index in [1.165, 1.54) is 30.7 Å². The molecule has 30 heavy (non-hydrogen) atoms. The van der Waals surface area contributed by atoms with Crippen molar-refractivity contribution in [3.05, 3.63) is 66.2 Å². The molecule has 1 N–H and O–H groups in total. The number of aromatic nitrogens is 1. The molecule has 4 rings (SSSR count). The summed E-state index contributed by atoms with van der Waals surface area (Å²) < 4.78 is 32.5. The van der Waals surface area contributed by atoms with Crippen molar-refractivity contribution in [2.45, 2.75) is 32.1 Å². The van der Waals surface area contributed by atoms with E-state index in [0.29, 0.717) is 29.3 Å². The molecule has 3 aromatic rings. The van der Waals surface area contributed by atoms with Gasteiger partial charge in [-0.2, -0.15) is 0 Å². The van der Waals surface area contributed by atoms with E-state index in [-0.39, 0.29) is 24.0 Å². The lowest BCUT2D eigenvalue weighted by Gasteiger charge is -2.30. The minimum absolute atomic E-state index is 0.152. The second-order valence-corrected chi connectivity index (χ2v) is 7.38. The Hall–Kier alpha value is -3.22. The summed E-state index contributed by atoms with van der Waals surface area (Å²) in [7, 11) is 0. The summed E-state index contributed by atoms with van der Waals surface area (Å²) in [5, 5.41) is 2.83. The number of hydrogen-bond acceptors (Lipinski definition) is 4. The Kier molecular flexibility index (Phi) is 6.07. The molecule has 0 radical (unpaired) electrons. The Morgan fingerprint density at radius 1 is 1.03 bits per heavy atom. The van der Waals surface area contributed by atoms with Crippen molar-refractivity contribution in [2.75, 3.05) is 23.3 Å². The Labute approximate surface area is 173 Å². The number of rotatable bonds is 6. The summed E-state index contributed by atoms with van der Waals surface area (Å²) in [5.74, 6) is -0.0117. The summed E-state index contributed by atoms with van der Waals surface area (Å²) in [6, 6.07) is 10.4. The normalized spacial score (nSPS) is 14.0. The van der Waals surface area contributed by atoms with Crippen LogP contribution < -0.4 is 10.2 Å². The minimum Gasteiger partial charge on any atom is -0.441 e. The highest BCUT2D eigenvalue weighted by Crippen LogP contribution is 2.29. The fourth-order valence-electron chi connectivity index (χ4n) is 3.63. The highest BCUT2D eigenvalue weighted by atomic mass is 19.1. The van der Waals surface area contributed by atoms with Gasteiger partial charge in [0.15, 0.2) is 11.7 Å². The van der Waals surface area contributed by atoms with Crippen LogP contribution in [0.5, 0.6) is 0 Å². The monoisotopic (exact) mass is 411 g/mol. The topological polar surface area (TPSA) is 58.4 Å². The number of nitrogens with zero attached hydrogens (tertiary/aromatic N) is 2. The lowest BCUT2D eigenvalue weighted by atomic mass is 10.1. The van der Waals surface area contributed by atoms with E-state index in [1.54, 1.807) is 24.4 Å². The molecule has 1 aliphatic heterocycles. The van der Waals surface area contributed by atoms with Crippen molar-refractivity contribution in [1.29, 1.82) is 0 Å². The quantitative estimate of drug-likeness (QED) is 0.607. The molecule has 0 atom stereocenters. The predicted molar refractivity (Wildman–Crippen MR) is 111 cm³/mol. The minimum atomic E-state index is -0.386. The summed E-state index contributed by atoms with van der Waals surface area (Å²) in [6.45, 7) is 1.80. The van der Waals surface area contributed by atoms with Gasteiger partial charge in [0.05, 0.1) is 17.6 Å². The first-order chi connectivity index (χ1) is 14.6. The number of carbonyl (C=O) groups is 1. The van der Waals surface area contributed by atoms with Crippen LogP contribution in [0.2, 0.25) is 0 Å². The molecule has 0 unspecified atom stereocenters. The second-order valence-electron chi connectivity index (χ2n) is 7.38. The molecule has 1 aliphatic rings. The fraction of sp³-hybridized carbons (Fsp3) is 0.304. The number of benzene rings is 2. The second kappa shape index (κ2) is 9.07. The zero-order valence-corrected chi connectivity index (χ0v) is 16.5. The Morgan fingerprint density at radius 2 is 1.77 bits per heavy atom. The van der Waals surface area contributed by atoms with Crippen molar-refractivity contribution >= 4 is 17.3 Å². The standard InChI is InChI=1S/C23H23F2N3O2/c24-17-6-4-16(5-7-17)21-15-26-23(30-21)11-10-22(29)27-19-14-18(25)8-9-20(19)28-12-2-1-3-13-28/h4-9,14-15H,1-3,10-13H2,(H,27,29). The maximum Gasteiger partial charge on any atom is 0.224 e. The van der Waals surface area contributed by atoms with Crippen LogP contribution in [0.25, 0.3) is 11.3 Å². The molecule has 0 spiro atoms. The van der Waals surface area contributed by atoms with E-state index < -0.39 is 0 Å². The Bertz CT molecular complexity index is 1010. The van der Waals surface area contributed by atoms with Crippen LogP contribution in [-0.2, 0) is 11.2 Å². The van der Waals surface area contributed by atoms with E-state index in [4.69, 9.17) is 4.42 Å². The molecule has 7 heteroatoms. The Balaban J connectivity index is 1.38. The van der Waals surface area contributed by atoms with E-state index >= 15 is 0 Å². The highest BCUT2D eigenvalue weighted by molar-refractivity contribution is 5.94. The third-order valence-electron chi connectivity index (χ3n) is 5.18. The average molecular weight is 411 g/mol. The van der Waals surface area contributed by atoms with Gasteiger partial charge in [-0.3, -0.25) is 4.79 Å². The molecule has 2 heterocycles. The maximum absolute atomic E-state index is 13.8. The first-order valence-electron chi connectivity index (χ1n) is 10.1. The molecule has 5 nitrogen and oxygen atoms in total. The van der Waals surface area contributed by atoms with Gasteiger partial charge in [0.1, 0.15) is 11.6 Å². The SMILES string of the molecule is O=C(CCc1ncc(-c2ccc(F)cc2)o1)Nc1cc(F)ccc1N1CCCCC1. The van der Waals surface area contributed by atoms with Gasteiger partial charge in [-0.1, -0.05) is 0 Å². The summed E-state index contributed by atoms with van der Waals surface area (Å²) in [6.07, 6.45) is 5.38. The smallest absolute Gasteiger partial charge is 0.224 e. The molecule has 1 saturated heterocycles. The van der Waals surface area contributed by atoms with Crippen molar-refractivity contribution < 1.29 is 18.0 Å². The number of carbonyl (C=O) groups excluding carboxylic acids is 1. The highest BCUT2D eigenvalue weighted by Gasteiger charge is 2.17. The summed E-state index contributed by atoms with van der Waals surface area (Å²) in [5.41, 5.74) is 2.05.